The number of unbranched alkanes of at least 4 members (excludes halogenated alkanes) is 1. The number of hydrogen-bond acceptors (Lipinski definition) is 4. The minimum atomic E-state index is -0.219. The molecule has 0 radical (unpaired) electrons. The SMILES string of the molecule is C=CC(=O)NCCCCOc1cccc2c1C(=O)C=CC2=O. The Kier molecular flexibility index (Phi) is 5.25. The van der Waals surface area contributed by atoms with Crippen LogP contribution in [0.4, 0.5) is 0 Å². The van der Waals surface area contributed by atoms with E-state index in [1.54, 1.807) is 18.2 Å². The molecule has 1 aliphatic carbocycles. The summed E-state index contributed by atoms with van der Waals surface area (Å²) in [6, 6.07) is 5.00. The van der Waals surface area contributed by atoms with Crippen molar-refractivity contribution in [1.82, 2.24) is 5.32 Å². The Labute approximate surface area is 128 Å². The summed E-state index contributed by atoms with van der Waals surface area (Å²) in [6.45, 7) is 4.32. The third kappa shape index (κ3) is 3.69. The highest BCUT2D eigenvalue weighted by Gasteiger charge is 2.22. The van der Waals surface area contributed by atoms with Gasteiger partial charge < -0.3 is 10.1 Å². The van der Waals surface area contributed by atoms with Crippen molar-refractivity contribution in [3.8, 4) is 5.75 Å². The molecule has 0 saturated heterocycles. The number of ketones is 2. The Morgan fingerprint density at radius 1 is 1.18 bits per heavy atom. The number of hydrogen-bond donors (Lipinski definition) is 1. The van der Waals surface area contributed by atoms with Crippen molar-refractivity contribution in [2.75, 3.05) is 13.2 Å². The summed E-state index contributed by atoms with van der Waals surface area (Å²) < 4.78 is 5.62. The number of ether oxygens (including phenoxy) is 1. The molecule has 1 aromatic rings. The fourth-order valence-corrected chi connectivity index (χ4v) is 2.13. The maximum atomic E-state index is 11.9. The van der Waals surface area contributed by atoms with E-state index in [-0.39, 0.29) is 17.5 Å². The molecule has 0 spiro atoms. The molecule has 114 valence electrons. The number of carbonyl (C=O) groups excluding carboxylic acids is 3. The first-order valence-corrected chi connectivity index (χ1v) is 7.06. The molecule has 1 aromatic carbocycles. The van der Waals surface area contributed by atoms with E-state index >= 15 is 0 Å². The van der Waals surface area contributed by atoms with Crippen LogP contribution in [0.1, 0.15) is 33.6 Å². The quantitative estimate of drug-likeness (QED) is 0.618. The molecule has 0 aliphatic heterocycles. The van der Waals surface area contributed by atoms with E-state index in [0.29, 0.717) is 30.0 Å². The Morgan fingerprint density at radius 3 is 2.73 bits per heavy atom. The van der Waals surface area contributed by atoms with Crippen molar-refractivity contribution in [2.24, 2.45) is 0 Å². The standard InChI is InChI=1S/C17H17NO4/c1-2-16(21)18-10-3-4-11-22-15-7-5-6-12-13(19)8-9-14(20)17(12)15/h2,5-9H,1,3-4,10-11H2,(H,18,21). The molecule has 22 heavy (non-hydrogen) atoms. The Morgan fingerprint density at radius 2 is 1.95 bits per heavy atom. The molecule has 0 heterocycles. The molecule has 1 aliphatic rings. The molecule has 5 heteroatoms. The van der Waals surface area contributed by atoms with Crippen LogP contribution >= 0.6 is 0 Å². The zero-order valence-corrected chi connectivity index (χ0v) is 12.1. The van der Waals surface area contributed by atoms with E-state index in [1.807, 2.05) is 0 Å². The highest BCUT2D eigenvalue weighted by atomic mass is 16.5. The van der Waals surface area contributed by atoms with Crippen LogP contribution < -0.4 is 10.1 Å². The van der Waals surface area contributed by atoms with E-state index in [0.717, 1.165) is 12.8 Å². The van der Waals surface area contributed by atoms with E-state index < -0.39 is 0 Å². The van der Waals surface area contributed by atoms with Crippen LogP contribution in [0.15, 0.2) is 43.0 Å². The molecule has 0 saturated carbocycles. The van der Waals surface area contributed by atoms with Gasteiger partial charge in [-0.05, 0) is 37.1 Å². The summed E-state index contributed by atoms with van der Waals surface area (Å²) in [4.78, 5) is 34.6. The smallest absolute Gasteiger partial charge is 0.243 e. The molecule has 5 nitrogen and oxygen atoms in total. The van der Waals surface area contributed by atoms with Crippen molar-refractivity contribution in [3.63, 3.8) is 0 Å². The first kappa shape index (κ1) is 15.7. The molecule has 0 aromatic heterocycles. The van der Waals surface area contributed by atoms with Crippen molar-refractivity contribution in [3.05, 3.63) is 54.1 Å². The number of fused-ring (bicyclic) bond motifs is 1. The number of benzene rings is 1. The van der Waals surface area contributed by atoms with Gasteiger partial charge in [-0.1, -0.05) is 18.7 Å². The largest absolute Gasteiger partial charge is 0.493 e. The van der Waals surface area contributed by atoms with Crippen LogP contribution in [0.25, 0.3) is 0 Å². The maximum Gasteiger partial charge on any atom is 0.243 e. The summed E-state index contributed by atoms with van der Waals surface area (Å²) in [7, 11) is 0. The number of rotatable bonds is 7. The molecule has 0 unspecified atom stereocenters. The lowest BCUT2D eigenvalue weighted by Gasteiger charge is -2.14. The van der Waals surface area contributed by atoms with Gasteiger partial charge in [0.05, 0.1) is 12.2 Å². The first-order valence-electron chi connectivity index (χ1n) is 7.06. The van der Waals surface area contributed by atoms with Crippen LogP contribution in [0.3, 0.4) is 0 Å². The van der Waals surface area contributed by atoms with Crippen LogP contribution in [0.5, 0.6) is 5.75 Å². The average Bonchev–Trinajstić information content (AvgIpc) is 2.54. The summed E-state index contributed by atoms with van der Waals surface area (Å²) in [5.74, 6) is -0.181. The van der Waals surface area contributed by atoms with Gasteiger partial charge in [0, 0.05) is 12.1 Å². The minimum absolute atomic E-state index is 0.188. The summed E-state index contributed by atoms with van der Waals surface area (Å²) in [5.41, 5.74) is 0.707. The fraction of sp³-hybridized carbons (Fsp3) is 0.235. The Bertz CT molecular complexity index is 646. The highest BCUT2D eigenvalue weighted by molar-refractivity contribution is 6.23. The van der Waals surface area contributed by atoms with Crippen LogP contribution in [0, 0.1) is 0 Å². The lowest BCUT2D eigenvalue weighted by atomic mass is 9.94. The zero-order chi connectivity index (χ0) is 15.9. The summed E-state index contributed by atoms with van der Waals surface area (Å²) >= 11 is 0. The van der Waals surface area contributed by atoms with E-state index in [9.17, 15) is 14.4 Å². The van der Waals surface area contributed by atoms with E-state index in [1.165, 1.54) is 18.2 Å². The number of amides is 1. The topological polar surface area (TPSA) is 72.5 Å². The zero-order valence-electron chi connectivity index (χ0n) is 12.1. The monoisotopic (exact) mass is 299 g/mol. The van der Waals surface area contributed by atoms with Crippen LogP contribution in [-0.2, 0) is 4.79 Å². The van der Waals surface area contributed by atoms with Crippen molar-refractivity contribution in [2.45, 2.75) is 12.8 Å². The first-order chi connectivity index (χ1) is 10.6. The predicted octanol–water partition coefficient (Wildman–Crippen LogP) is 2.08. The maximum absolute atomic E-state index is 11.9. The number of nitrogens with one attached hydrogen (secondary N) is 1. The average molecular weight is 299 g/mol. The second kappa shape index (κ2) is 7.36. The van der Waals surface area contributed by atoms with Gasteiger partial charge in [0.2, 0.25) is 5.91 Å². The highest BCUT2D eigenvalue weighted by Crippen LogP contribution is 2.27. The third-order valence-electron chi connectivity index (χ3n) is 3.24. The molecular formula is C17H17NO4. The van der Waals surface area contributed by atoms with Crippen molar-refractivity contribution < 1.29 is 19.1 Å². The second-order valence-electron chi connectivity index (χ2n) is 4.79. The van der Waals surface area contributed by atoms with Crippen LogP contribution in [-0.4, -0.2) is 30.6 Å². The van der Waals surface area contributed by atoms with Gasteiger partial charge in [-0.2, -0.15) is 0 Å². The minimum Gasteiger partial charge on any atom is -0.493 e. The van der Waals surface area contributed by atoms with E-state index in [2.05, 4.69) is 11.9 Å². The number of allylic oxidation sites excluding steroid dienone is 2. The van der Waals surface area contributed by atoms with Gasteiger partial charge in [0.25, 0.3) is 0 Å². The Hall–Kier alpha value is -2.69. The molecule has 0 bridgehead atoms. The lowest BCUT2D eigenvalue weighted by molar-refractivity contribution is -0.116. The molecule has 0 fully saturated rings. The van der Waals surface area contributed by atoms with Crippen molar-refractivity contribution >= 4 is 17.5 Å². The fourth-order valence-electron chi connectivity index (χ4n) is 2.13. The molecule has 0 atom stereocenters. The Balaban J connectivity index is 1.88. The predicted molar refractivity (Wildman–Crippen MR) is 82.2 cm³/mol. The molecule has 1 amide bonds. The molecule has 2 rings (SSSR count). The lowest BCUT2D eigenvalue weighted by Crippen LogP contribution is -2.22. The van der Waals surface area contributed by atoms with Crippen molar-refractivity contribution in [1.29, 1.82) is 0 Å². The third-order valence-corrected chi connectivity index (χ3v) is 3.24. The van der Waals surface area contributed by atoms with E-state index in [4.69, 9.17) is 4.74 Å². The van der Waals surface area contributed by atoms with Gasteiger partial charge in [0.1, 0.15) is 5.75 Å². The van der Waals surface area contributed by atoms with Gasteiger partial charge in [0.15, 0.2) is 11.6 Å². The number of carbonyl (C=O) groups is 3. The van der Waals surface area contributed by atoms with Crippen LogP contribution in [0.2, 0.25) is 0 Å². The normalized spacial score (nSPS) is 12.7. The molecule has 1 N–H and O–H groups in total. The summed E-state index contributed by atoms with van der Waals surface area (Å²) in [6.07, 6.45) is 5.24. The van der Waals surface area contributed by atoms with Gasteiger partial charge >= 0.3 is 0 Å². The van der Waals surface area contributed by atoms with Gasteiger partial charge in [-0.3, -0.25) is 14.4 Å². The van der Waals surface area contributed by atoms with Gasteiger partial charge in [-0.15, -0.1) is 0 Å². The van der Waals surface area contributed by atoms with Gasteiger partial charge in [-0.25, -0.2) is 0 Å². The second-order valence-corrected chi connectivity index (χ2v) is 4.79. The molecular weight excluding hydrogens is 282 g/mol. The summed E-state index contributed by atoms with van der Waals surface area (Å²) in [5, 5.41) is 2.67.